The minimum Gasteiger partial charge on any atom is -0.496 e. The molecule has 1 aliphatic heterocycles. The Morgan fingerprint density at radius 3 is 2.91 bits per heavy atom. The predicted octanol–water partition coefficient (Wildman–Crippen LogP) is 3.00. The number of benzene rings is 1. The maximum atomic E-state index is 5.53. The summed E-state index contributed by atoms with van der Waals surface area (Å²) in [4.78, 5) is 6.62. The molecular weight excluding hydrogens is 342 g/mol. The van der Waals surface area contributed by atoms with E-state index in [4.69, 9.17) is 4.74 Å². The summed E-state index contributed by atoms with van der Waals surface area (Å²) in [6.07, 6.45) is 3.73. The molecule has 4 nitrogen and oxygen atoms in total. The van der Waals surface area contributed by atoms with Crippen LogP contribution in [0.5, 0.6) is 5.75 Å². The van der Waals surface area contributed by atoms with Gasteiger partial charge in [-0.2, -0.15) is 0 Å². The zero-order chi connectivity index (χ0) is 15.4. The molecule has 1 aromatic carbocycles. The van der Waals surface area contributed by atoms with Gasteiger partial charge in [-0.05, 0) is 29.8 Å². The molecule has 1 aromatic heterocycles. The molecule has 0 saturated carbocycles. The highest BCUT2D eigenvalue weighted by Crippen LogP contribution is 2.29. The number of rotatable bonds is 4. The van der Waals surface area contributed by atoms with Crippen molar-refractivity contribution in [3.8, 4) is 5.75 Å². The molecular formula is C17H20BrN3O. The van der Waals surface area contributed by atoms with Crippen LogP contribution in [0.4, 0.5) is 0 Å². The summed E-state index contributed by atoms with van der Waals surface area (Å²) in [5.74, 6) is 0.932. The van der Waals surface area contributed by atoms with Crippen LogP contribution in [0.25, 0.3) is 0 Å². The topological polar surface area (TPSA) is 37.4 Å². The van der Waals surface area contributed by atoms with E-state index >= 15 is 0 Å². The van der Waals surface area contributed by atoms with Crippen LogP contribution in [0.3, 0.4) is 0 Å². The van der Waals surface area contributed by atoms with Crippen molar-refractivity contribution in [2.75, 3.05) is 26.7 Å². The third-order valence-electron chi connectivity index (χ3n) is 4.07. The smallest absolute Gasteiger partial charge is 0.124 e. The molecule has 2 heterocycles. The van der Waals surface area contributed by atoms with Crippen molar-refractivity contribution in [1.29, 1.82) is 0 Å². The van der Waals surface area contributed by atoms with E-state index in [1.165, 1.54) is 11.1 Å². The summed E-state index contributed by atoms with van der Waals surface area (Å²) in [5.41, 5.74) is 2.52. The first-order valence-electron chi connectivity index (χ1n) is 7.45. The second-order valence-corrected chi connectivity index (χ2v) is 6.34. The van der Waals surface area contributed by atoms with E-state index in [2.05, 4.69) is 55.4 Å². The van der Waals surface area contributed by atoms with Crippen molar-refractivity contribution in [1.82, 2.24) is 15.2 Å². The number of methoxy groups -OCH3 is 1. The van der Waals surface area contributed by atoms with Crippen LogP contribution < -0.4 is 10.1 Å². The van der Waals surface area contributed by atoms with Gasteiger partial charge in [-0.25, -0.2) is 0 Å². The molecule has 1 atom stereocenters. The van der Waals surface area contributed by atoms with Gasteiger partial charge in [-0.1, -0.05) is 22.0 Å². The third kappa shape index (κ3) is 3.48. The second-order valence-electron chi connectivity index (χ2n) is 5.43. The number of pyridine rings is 1. The molecule has 116 valence electrons. The summed E-state index contributed by atoms with van der Waals surface area (Å²) >= 11 is 3.50. The van der Waals surface area contributed by atoms with Crippen molar-refractivity contribution in [3.05, 3.63) is 58.3 Å². The van der Waals surface area contributed by atoms with Gasteiger partial charge in [0.05, 0.1) is 7.11 Å². The zero-order valence-electron chi connectivity index (χ0n) is 12.6. The van der Waals surface area contributed by atoms with Crippen molar-refractivity contribution in [3.63, 3.8) is 0 Å². The monoisotopic (exact) mass is 361 g/mol. The number of aromatic nitrogens is 1. The molecule has 1 N–H and O–H groups in total. The molecule has 3 rings (SSSR count). The Kier molecular flexibility index (Phi) is 5.08. The fourth-order valence-corrected chi connectivity index (χ4v) is 3.26. The van der Waals surface area contributed by atoms with Crippen molar-refractivity contribution < 1.29 is 4.74 Å². The van der Waals surface area contributed by atoms with Gasteiger partial charge in [-0.3, -0.25) is 9.88 Å². The van der Waals surface area contributed by atoms with Gasteiger partial charge in [0.15, 0.2) is 0 Å². The summed E-state index contributed by atoms with van der Waals surface area (Å²) in [6.45, 7) is 3.88. The fraction of sp³-hybridized carbons (Fsp3) is 0.353. The maximum absolute atomic E-state index is 5.53. The lowest BCUT2D eigenvalue weighted by Gasteiger charge is -2.36. The van der Waals surface area contributed by atoms with Crippen molar-refractivity contribution in [2.45, 2.75) is 12.6 Å². The van der Waals surface area contributed by atoms with E-state index in [9.17, 15) is 0 Å². The number of hydrogen-bond acceptors (Lipinski definition) is 4. The molecule has 2 aromatic rings. The maximum Gasteiger partial charge on any atom is 0.124 e. The summed E-state index contributed by atoms with van der Waals surface area (Å²) < 4.78 is 6.57. The molecule has 0 bridgehead atoms. The largest absolute Gasteiger partial charge is 0.496 e. The molecule has 0 spiro atoms. The van der Waals surface area contributed by atoms with Crippen LogP contribution in [0.2, 0.25) is 0 Å². The Bertz CT molecular complexity index is 621. The van der Waals surface area contributed by atoms with Crippen LogP contribution in [-0.2, 0) is 6.54 Å². The first-order valence-corrected chi connectivity index (χ1v) is 8.24. The van der Waals surface area contributed by atoms with Crippen molar-refractivity contribution in [2.24, 2.45) is 0 Å². The number of hydrogen-bond donors (Lipinski definition) is 1. The summed E-state index contributed by atoms with van der Waals surface area (Å²) in [5, 5.41) is 3.49. The molecule has 0 radical (unpaired) electrons. The first-order chi connectivity index (χ1) is 10.8. The lowest BCUT2D eigenvalue weighted by atomic mass is 10.0. The summed E-state index contributed by atoms with van der Waals surface area (Å²) in [7, 11) is 1.73. The van der Waals surface area contributed by atoms with Gasteiger partial charge >= 0.3 is 0 Å². The fourth-order valence-electron chi connectivity index (χ4n) is 2.92. The number of nitrogens with one attached hydrogen (secondary N) is 1. The van der Waals surface area contributed by atoms with Crippen LogP contribution >= 0.6 is 15.9 Å². The van der Waals surface area contributed by atoms with Crippen LogP contribution in [0, 0.1) is 0 Å². The number of halogens is 1. The van der Waals surface area contributed by atoms with E-state index in [0.29, 0.717) is 6.04 Å². The molecule has 0 aliphatic carbocycles. The number of piperazine rings is 1. The van der Waals surface area contributed by atoms with Gasteiger partial charge in [-0.15, -0.1) is 0 Å². The van der Waals surface area contributed by atoms with E-state index in [0.717, 1.165) is 36.4 Å². The van der Waals surface area contributed by atoms with E-state index in [1.807, 2.05) is 18.5 Å². The molecule has 1 aliphatic rings. The highest BCUT2D eigenvalue weighted by Gasteiger charge is 2.24. The highest BCUT2D eigenvalue weighted by atomic mass is 79.9. The van der Waals surface area contributed by atoms with Crippen molar-refractivity contribution >= 4 is 15.9 Å². The Labute approximate surface area is 139 Å². The Hall–Kier alpha value is -1.43. The average Bonchev–Trinajstić information content (AvgIpc) is 2.57. The Morgan fingerprint density at radius 2 is 2.14 bits per heavy atom. The predicted molar refractivity (Wildman–Crippen MR) is 91.0 cm³/mol. The van der Waals surface area contributed by atoms with E-state index in [-0.39, 0.29) is 0 Å². The first kappa shape index (κ1) is 15.5. The minimum absolute atomic E-state index is 0.366. The van der Waals surface area contributed by atoms with Gasteiger partial charge in [0.1, 0.15) is 5.75 Å². The summed E-state index contributed by atoms with van der Waals surface area (Å²) in [6, 6.07) is 10.8. The van der Waals surface area contributed by atoms with E-state index in [1.54, 1.807) is 7.11 Å². The lowest BCUT2D eigenvalue weighted by Crippen LogP contribution is -2.45. The third-order valence-corrected chi connectivity index (χ3v) is 4.56. The Balaban J connectivity index is 1.83. The van der Waals surface area contributed by atoms with Gasteiger partial charge in [0, 0.05) is 54.7 Å². The van der Waals surface area contributed by atoms with Gasteiger partial charge in [0.2, 0.25) is 0 Å². The molecule has 0 amide bonds. The standard InChI is InChI=1S/C17H20BrN3O/c1-22-17-10-15(18)3-2-14(17)12-21-9-8-20-11-16(21)13-4-6-19-7-5-13/h2-7,10,16,20H,8-9,11-12H2,1H3. The van der Waals surface area contributed by atoms with Crippen LogP contribution in [0.1, 0.15) is 17.2 Å². The lowest BCUT2D eigenvalue weighted by molar-refractivity contribution is 0.152. The molecule has 1 unspecified atom stereocenters. The normalized spacial score (nSPS) is 19.1. The van der Waals surface area contributed by atoms with Crippen LogP contribution in [-0.4, -0.2) is 36.6 Å². The van der Waals surface area contributed by atoms with Crippen LogP contribution in [0.15, 0.2) is 47.2 Å². The van der Waals surface area contributed by atoms with Gasteiger partial charge < -0.3 is 10.1 Å². The Morgan fingerprint density at radius 1 is 1.32 bits per heavy atom. The quantitative estimate of drug-likeness (QED) is 0.908. The molecule has 22 heavy (non-hydrogen) atoms. The zero-order valence-corrected chi connectivity index (χ0v) is 14.2. The second kappa shape index (κ2) is 7.22. The molecule has 1 fully saturated rings. The molecule has 5 heteroatoms. The number of nitrogens with zero attached hydrogens (tertiary/aromatic N) is 2. The average molecular weight is 362 g/mol. The minimum atomic E-state index is 0.366. The number of ether oxygens (including phenoxy) is 1. The SMILES string of the molecule is COc1cc(Br)ccc1CN1CCNCC1c1ccncc1. The van der Waals surface area contributed by atoms with E-state index < -0.39 is 0 Å². The highest BCUT2D eigenvalue weighted by molar-refractivity contribution is 9.10. The van der Waals surface area contributed by atoms with Gasteiger partial charge in [0.25, 0.3) is 0 Å². The molecule has 1 saturated heterocycles.